The van der Waals surface area contributed by atoms with Gasteiger partial charge in [-0.05, 0) is 162 Å². The van der Waals surface area contributed by atoms with Crippen molar-refractivity contribution in [3.05, 3.63) is 167 Å². The summed E-state index contributed by atoms with van der Waals surface area (Å²) in [5.74, 6) is 1.91. The third-order valence-electron chi connectivity index (χ3n) is 14.3. The van der Waals surface area contributed by atoms with Crippen molar-refractivity contribution >= 4 is 11.9 Å². The lowest BCUT2D eigenvalue weighted by atomic mass is 9.94. The van der Waals surface area contributed by atoms with Crippen LogP contribution in [0.15, 0.2) is 130 Å². The molecule has 8 rings (SSSR count). The van der Waals surface area contributed by atoms with Gasteiger partial charge in [0, 0.05) is 24.2 Å². The van der Waals surface area contributed by atoms with Crippen LogP contribution in [0.25, 0.3) is 22.9 Å². The molecule has 2 saturated carbocycles. The highest BCUT2D eigenvalue weighted by Crippen LogP contribution is 2.29. The van der Waals surface area contributed by atoms with Gasteiger partial charge in [-0.25, -0.2) is 14.8 Å². The van der Waals surface area contributed by atoms with Crippen LogP contribution >= 0.6 is 0 Å². The van der Waals surface area contributed by atoms with Crippen LogP contribution in [0.5, 0.6) is 0 Å². The molecule has 4 aromatic carbocycles. The summed E-state index contributed by atoms with van der Waals surface area (Å²) in [4.78, 5) is 35.9. The first-order valence-electron chi connectivity index (χ1n) is 28.8. The number of hydrogen-bond donors (Lipinski definition) is 1. The maximum Gasteiger partial charge on any atom is 0.335 e. The summed E-state index contributed by atoms with van der Waals surface area (Å²) >= 11 is 0. The number of benzene rings is 4. The molecule has 0 aliphatic heterocycles. The van der Waals surface area contributed by atoms with E-state index in [1.54, 1.807) is 6.92 Å². The van der Waals surface area contributed by atoms with Gasteiger partial charge in [-0.15, -0.1) is 0 Å². The normalized spacial score (nSPS) is 17.4. The minimum Gasteiger partial charge on any atom is -0.466 e. The molecule has 80 heavy (non-hydrogen) atoms. The number of carbonyl (C=O) groups excluding carboxylic acids is 2. The van der Waals surface area contributed by atoms with E-state index in [0.717, 1.165) is 111 Å². The second kappa shape index (κ2) is 34.1. The Balaban J connectivity index is 0.000000226. The van der Waals surface area contributed by atoms with Crippen molar-refractivity contribution < 1.29 is 46.8 Å². The van der Waals surface area contributed by atoms with Crippen LogP contribution in [0.2, 0.25) is 0 Å². The number of aromatic nitrogens is 2. The topological polar surface area (TPSA) is 157 Å². The maximum absolute atomic E-state index is 12.7. The minimum absolute atomic E-state index is 0.0520. The van der Waals surface area contributed by atoms with E-state index in [-0.39, 0.29) is 42.9 Å². The Kier molecular flexibility index (Phi) is 26.8. The largest absolute Gasteiger partial charge is 0.466 e. The summed E-state index contributed by atoms with van der Waals surface area (Å²) < 4.78 is 46.7. The van der Waals surface area contributed by atoms with Crippen LogP contribution in [-0.2, 0) is 64.1 Å². The fraction of sp³-hybridized carbons (Fsp3) is 0.485. The van der Waals surface area contributed by atoms with Gasteiger partial charge >= 0.3 is 11.9 Å². The van der Waals surface area contributed by atoms with Crippen LogP contribution in [0.1, 0.15) is 110 Å². The fourth-order valence-electron chi connectivity index (χ4n) is 9.69. The molecule has 0 radical (unpaired) electrons. The van der Waals surface area contributed by atoms with E-state index in [1.165, 1.54) is 22.3 Å². The van der Waals surface area contributed by atoms with Crippen molar-refractivity contribution in [3.63, 3.8) is 0 Å². The number of nitrogens with zero attached hydrogens (tertiary/aromatic N) is 3. The Morgan fingerprint density at radius 2 is 1.14 bits per heavy atom. The van der Waals surface area contributed by atoms with Gasteiger partial charge in [0.1, 0.15) is 22.9 Å². The quantitative estimate of drug-likeness (QED) is 0.0404. The van der Waals surface area contributed by atoms with Gasteiger partial charge in [0.2, 0.25) is 11.8 Å². The standard InChI is InChI=1S/C33H44N2O5.C24H31NO5.C9H13N/c1-5-37-33(36)28(21-35(4)18-17-26-12-7-6-8-13-26)22-38-29-15-10-16-30(20-29)39-23-31-25(3)40-32(34-31)27-14-9-11-24(2)19-27;1-5-27-24(26)17(3)14-28-20-10-7-11-21(13-20)29-15-22-18(4)30-23(25-22)19-9-6-8-16(2)12-19;1-10-8-7-9-5-3-2-4-6-9/h6-9,11-14,19,28-30H,5,10,15-18,20-23H2,1-4H3;6,8-9,12,20-21H,3,5,7,10-11,13-15H2,1-2,4H3;2-6,10H,7-8H2,1H3/t28?,29-,30+;20-,21+;/m11./s1. The first-order chi connectivity index (χ1) is 38.8. The molecule has 432 valence electrons. The highest BCUT2D eigenvalue weighted by Gasteiger charge is 2.29. The molecule has 1 N–H and O–H groups in total. The van der Waals surface area contributed by atoms with Crippen molar-refractivity contribution in [1.29, 1.82) is 0 Å². The lowest BCUT2D eigenvalue weighted by Gasteiger charge is -2.30. The average molecular weight is 1100 g/mol. The molecule has 0 bridgehead atoms. The molecule has 0 spiro atoms. The Labute approximate surface area is 476 Å². The second-order valence-electron chi connectivity index (χ2n) is 21.0. The highest BCUT2D eigenvalue weighted by molar-refractivity contribution is 5.87. The number of aryl methyl sites for hydroxylation is 4. The molecule has 0 amide bonds. The smallest absolute Gasteiger partial charge is 0.335 e. The number of likely N-dealkylation sites (N-methyl/N-ethyl adjacent to an activating group) is 2. The Hall–Kier alpha value is -6.26. The second-order valence-corrected chi connectivity index (χ2v) is 21.0. The number of oxazole rings is 2. The van der Waals surface area contributed by atoms with Gasteiger partial charge in [-0.1, -0.05) is 103 Å². The summed E-state index contributed by atoms with van der Waals surface area (Å²) in [6, 6.07) is 37.2. The van der Waals surface area contributed by atoms with Crippen LogP contribution in [-0.4, -0.2) is 111 Å². The van der Waals surface area contributed by atoms with Gasteiger partial charge in [0.05, 0.1) is 75.5 Å². The summed E-state index contributed by atoms with van der Waals surface area (Å²) in [6.07, 6.45) is 9.91. The monoisotopic (exact) mass is 1100 g/mol. The molecule has 2 fully saturated rings. The molecule has 14 nitrogen and oxygen atoms in total. The molecular formula is C66H88N4O10. The van der Waals surface area contributed by atoms with Crippen molar-refractivity contribution in [1.82, 2.24) is 20.2 Å². The van der Waals surface area contributed by atoms with Gasteiger partial charge in [-0.2, -0.15) is 0 Å². The number of hydrogen-bond acceptors (Lipinski definition) is 14. The third-order valence-corrected chi connectivity index (χ3v) is 14.3. The zero-order valence-corrected chi connectivity index (χ0v) is 48.8. The number of ether oxygens (including phenoxy) is 6. The molecule has 2 aliphatic carbocycles. The molecule has 6 aromatic rings. The van der Waals surface area contributed by atoms with E-state index in [1.807, 2.05) is 77.2 Å². The molecular weight excluding hydrogens is 1010 g/mol. The van der Waals surface area contributed by atoms with Gasteiger partial charge < -0.3 is 47.5 Å². The van der Waals surface area contributed by atoms with Crippen LogP contribution in [0, 0.1) is 33.6 Å². The van der Waals surface area contributed by atoms with Gasteiger partial charge in [0.15, 0.2) is 0 Å². The average Bonchev–Trinajstić information content (AvgIpc) is 4.07. The van der Waals surface area contributed by atoms with E-state index in [0.29, 0.717) is 56.9 Å². The first-order valence-corrected chi connectivity index (χ1v) is 28.8. The molecule has 5 atom stereocenters. The molecule has 2 aromatic heterocycles. The summed E-state index contributed by atoms with van der Waals surface area (Å²) in [5.41, 5.74) is 8.98. The zero-order valence-electron chi connectivity index (χ0n) is 48.8. The number of carbonyl (C=O) groups is 2. The van der Waals surface area contributed by atoms with Crippen LogP contribution < -0.4 is 5.32 Å². The molecule has 0 saturated heterocycles. The molecule has 2 aliphatic rings. The van der Waals surface area contributed by atoms with Crippen molar-refractivity contribution in [2.45, 2.75) is 143 Å². The van der Waals surface area contributed by atoms with Crippen molar-refractivity contribution in [2.24, 2.45) is 5.92 Å². The van der Waals surface area contributed by atoms with E-state index in [4.69, 9.17) is 42.2 Å². The predicted octanol–water partition coefficient (Wildman–Crippen LogP) is 12.5. The maximum atomic E-state index is 12.7. The molecule has 14 heteroatoms. The summed E-state index contributed by atoms with van der Waals surface area (Å²) in [7, 11) is 4.03. The zero-order chi connectivity index (χ0) is 57.1. The van der Waals surface area contributed by atoms with Gasteiger partial charge in [-0.3, -0.25) is 4.79 Å². The molecule has 1 unspecified atom stereocenters. The molecule has 2 heterocycles. The van der Waals surface area contributed by atoms with E-state index in [9.17, 15) is 9.59 Å². The number of esters is 2. The summed E-state index contributed by atoms with van der Waals surface area (Å²) in [5, 5.41) is 3.12. The van der Waals surface area contributed by atoms with Crippen molar-refractivity contribution in [3.8, 4) is 22.9 Å². The van der Waals surface area contributed by atoms with Gasteiger partial charge in [0.25, 0.3) is 0 Å². The third kappa shape index (κ3) is 21.7. The van der Waals surface area contributed by atoms with Crippen LogP contribution in [0.3, 0.4) is 0 Å². The first kappa shape index (κ1) is 62.9. The fourth-order valence-corrected chi connectivity index (χ4v) is 9.69. The Bertz CT molecular complexity index is 2760. The minimum atomic E-state index is -0.396. The number of nitrogens with one attached hydrogen (secondary N) is 1. The van der Waals surface area contributed by atoms with E-state index in [2.05, 4.69) is 102 Å². The van der Waals surface area contributed by atoms with E-state index < -0.39 is 5.97 Å². The van der Waals surface area contributed by atoms with Crippen LogP contribution in [0.4, 0.5) is 0 Å². The highest BCUT2D eigenvalue weighted by atomic mass is 16.5. The summed E-state index contributed by atoms with van der Waals surface area (Å²) in [6.45, 7) is 19.9. The Morgan fingerprint density at radius 3 is 1.62 bits per heavy atom. The number of rotatable bonds is 26. The van der Waals surface area contributed by atoms with E-state index >= 15 is 0 Å². The SMILES string of the molecule is C=C(CO[C@@H]1CCC[C@H](OCc2nc(-c3cccc(C)c3)oc2C)C1)C(=O)OCC.CCOC(=O)C(CO[C@@H]1CCC[C@H](OCc2nc(-c3cccc(C)c3)oc2C)C1)CN(C)CCc1ccccc1.CNCCc1ccccc1. The lowest BCUT2D eigenvalue weighted by molar-refractivity contribution is -0.152. The Morgan fingerprint density at radius 1 is 0.650 bits per heavy atom. The predicted molar refractivity (Wildman–Crippen MR) is 314 cm³/mol. The van der Waals surface area contributed by atoms with Crippen molar-refractivity contribution in [2.75, 3.05) is 60.2 Å². The lowest BCUT2D eigenvalue weighted by Crippen LogP contribution is -2.37.